The Balaban J connectivity index is 1.47. The summed E-state index contributed by atoms with van der Waals surface area (Å²) in [5.41, 5.74) is 4.06. The summed E-state index contributed by atoms with van der Waals surface area (Å²) in [6.45, 7) is 5.17. The lowest BCUT2D eigenvalue weighted by atomic mass is 10.3. The number of aromatic nitrogens is 2. The van der Waals surface area contributed by atoms with Crippen molar-refractivity contribution in [2.45, 2.75) is 26.7 Å². The zero-order valence-corrected chi connectivity index (χ0v) is 28.4. The number of aryl methyl sites for hydroxylation is 2. The highest BCUT2D eigenvalue weighted by Gasteiger charge is 2.25. The van der Waals surface area contributed by atoms with E-state index in [1.54, 1.807) is 34.8 Å². The minimum Gasteiger partial charge on any atom is -0.492 e. The van der Waals surface area contributed by atoms with Gasteiger partial charge in [-0.25, -0.2) is 9.98 Å². The van der Waals surface area contributed by atoms with E-state index in [2.05, 4.69) is 45.3 Å². The van der Waals surface area contributed by atoms with E-state index < -0.39 is 0 Å². The summed E-state index contributed by atoms with van der Waals surface area (Å²) in [5.74, 6) is 1.39. The summed E-state index contributed by atoms with van der Waals surface area (Å²) in [4.78, 5) is 12.3. The molecule has 0 aliphatic heterocycles. The number of ether oxygens (including phenoxy) is 2. The van der Waals surface area contributed by atoms with Crippen LogP contribution in [0, 0.1) is 45.3 Å². The van der Waals surface area contributed by atoms with Gasteiger partial charge in [0.2, 0.25) is 11.4 Å². The van der Waals surface area contributed by atoms with Gasteiger partial charge in [0, 0.05) is 26.2 Å². The second-order valence-electron chi connectivity index (χ2n) is 10.1. The Kier molecular flexibility index (Phi) is 8.64. The third-order valence-electron chi connectivity index (χ3n) is 7.08. The van der Waals surface area contributed by atoms with Crippen molar-refractivity contribution in [3.05, 3.63) is 24.3 Å². The molecule has 0 N–H and O–H groups in total. The van der Waals surface area contributed by atoms with Crippen molar-refractivity contribution in [3.8, 4) is 55.3 Å². The van der Waals surface area contributed by atoms with Crippen molar-refractivity contribution < 1.29 is 9.47 Å². The molecule has 6 rings (SSSR count). The topological polar surface area (TPSA) is 148 Å². The van der Waals surface area contributed by atoms with Crippen LogP contribution in [0.5, 0.6) is 11.5 Å². The fourth-order valence-electron chi connectivity index (χ4n) is 5.09. The predicted molar refractivity (Wildman–Crippen MR) is 187 cm³/mol. The van der Waals surface area contributed by atoms with Gasteiger partial charge in [0.15, 0.2) is 0 Å². The summed E-state index contributed by atoms with van der Waals surface area (Å²) in [6, 6.07) is 15.2. The molecule has 0 unspecified atom stereocenters. The Morgan fingerprint density at radius 1 is 0.652 bits per heavy atom. The first-order valence-electron chi connectivity index (χ1n) is 14.2. The predicted octanol–water partition coefficient (Wildman–Crippen LogP) is 9.22. The van der Waals surface area contributed by atoms with E-state index in [4.69, 9.17) is 9.47 Å². The van der Waals surface area contributed by atoms with Crippen molar-refractivity contribution in [1.29, 1.82) is 21.0 Å². The van der Waals surface area contributed by atoms with E-state index in [1.165, 1.54) is 22.7 Å². The van der Waals surface area contributed by atoms with Crippen LogP contribution in [0.2, 0.25) is 0 Å². The molecule has 0 aromatic carbocycles. The first-order valence-corrected chi connectivity index (χ1v) is 17.4. The van der Waals surface area contributed by atoms with Crippen LogP contribution in [0.4, 0.5) is 10.0 Å². The Morgan fingerprint density at radius 3 is 1.39 bits per heavy atom. The van der Waals surface area contributed by atoms with Gasteiger partial charge >= 0.3 is 0 Å². The average Bonchev–Trinajstić information content (AvgIpc) is 3.90. The fraction of sp³-hybridized carbons (Fsp3) is 0.250. The van der Waals surface area contributed by atoms with E-state index >= 15 is 0 Å². The number of hydrogen-bond acceptors (Lipinski definition) is 12. The maximum atomic E-state index is 9.21. The van der Waals surface area contributed by atoms with Gasteiger partial charge in [0.05, 0.1) is 64.2 Å². The summed E-state index contributed by atoms with van der Waals surface area (Å²) in [5, 5.41) is 37.9. The van der Waals surface area contributed by atoms with Gasteiger partial charge in [-0.3, -0.25) is 0 Å². The summed E-state index contributed by atoms with van der Waals surface area (Å²) >= 11 is 6.17. The first-order chi connectivity index (χ1) is 22.3. The van der Waals surface area contributed by atoms with Crippen LogP contribution in [-0.2, 0) is 14.1 Å². The van der Waals surface area contributed by atoms with Crippen LogP contribution in [0.15, 0.2) is 34.3 Å². The Labute approximate surface area is 280 Å². The Morgan fingerprint density at radius 2 is 1.04 bits per heavy atom. The van der Waals surface area contributed by atoms with Gasteiger partial charge in [-0.1, -0.05) is 13.8 Å². The molecule has 6 aromatic rings. The largest absolute Gasteiger partial charge is 0.492 e. The SMILES string of the molecule is CCCOc1cc(N=C(C#N)C#N)sc1-c1cc2c(s1)c1c(c3sc(-c4sc(N=C(C#N)C#N)cc4OCCC)cc3n1C)n2C. The molecule has 0 spiro atoms. The third kappa shape index (κ3) is 5.32. The van der Waals surface area contributed by atoms with Crippen LogP contribution < -0.4 is 9.47 Å². The van der Waals surface area contributed by atoms with E-state index in [0.717, 1.165) is 63.8 Å². The van der Waals surface area contributed by atoms with E-state index in [9.17, 15) is 21.0 Å². The second kappa shape index (κ2) is 12.8. The molecule has 0 saturated heterocycles. The zero-order chi connectivity index (χ0) is 32.5. The molecular formula is C32H24N8O2S4. The molecule has 14 heteroatoms. The molecule has 228 valence electrons. The number of nitrogens with zero attached hydrogens (tertiary/aromatic N) is 8. The molecule has 0 saturated carbocycles. The van der Waals surface area contributed by atoms with Crippen LogP contribution in [0.25, 0.3) is 51.0 Å². The summed E-state index contributed by atoms with van der Waals surface area (Å²) in [6.07, 6.45) is 1.69. The highest BCUT2D eigenvalue weighted by Crippen LogP contribution is 2.52. The van der Waals surface area contributed by atoms with Crippen molar-refractivity contribution in [2.75, 3.05) is 13.2 Å². The van der Waals surface area contributed by atoms with E-state index in [0.29, 0.717) is 34.7 Å². The molecular weight excluding hydrogens is 657 g/mol. The molecule has 46 heavy (non-hydrogen) atoms. The van der Waals surface area contributed by atoms with Crippen LogP contribution >= 0.6 is 45.3 Å². The first kappa shape index (κ1) is 31.0. The highest BCUT2D eigenvalue weighted by atomic mass is 32.1. The lowest BCUT2D eigenvalue weighted by Gasteiger charge is -2.04. The monoisotopic (exact) mass is 680 g/mol. The molecule has 10 nitrogen and oxygen atoms in total. The third-order valence-corrected chi connectivity index (χ3v) is 11.7. The van der Waals surface area contributed by atoms with Gasteiger partial charge in [0.1, 0.15) is 45.8 Å². The van der Waals surface area contributed by atoms with Crippen LogP contribution in [0.1, 0.15) is 26.7 Å². The van der Waals surface area contributed by atoms with Crippen molar-refractivity contribution in [2.24, 2.45) is 24.1 Å². The lowest BCUT2D eigenvalue weighted by molar-refractivity contribution is 0.320. The molecule has 0 aliphatic carbocycles. The number of aliphatic imine (C=N–C) groups is 2. The van der Waals surface area contributed by atoms with Gasteiger partial charge in [0.25, 0.3) is 0 Å². The van der Waals surface area contributed by atoms with Gasteiger partial charge in [-0.05, 0) is 25.0 Å². The highest BCUT2D eigenvalue weighted by molar-refractivity contribution is 7.29. The standard InChI is InChI=1S/C32H24N8O2S4/c1-5-7-41-21-11-25(37-17(13-33)14-34)45-31(21)23-9-19-29(43-23)27-28(39(19)3)30-20(40(27)4)10-24(44-30)32-22(42-8-6-2)12-26(46-32)38-18(15-35)16-36/h9-12H,5-8H2,1-4H3. The quantitative estimate of drug-likeness (QED) is 0.132. The zero-order valence-electron chi connectivity index (χ0n) is 25.2. The van der Waals surface area contributed by atoms with Gasteiger partial charge in [-0.15, -0.1) is 45.3 Å². The van der Waals surface area contributed by atoms with Crippen molar-refractivity contribution in [1.82, 2.24) is 9.13 Å². The minimum atomic E-state index is -0.194. The van der Waals surface area contributed by atoms with Gasteiger partial charge < -0.3 is 18.6 Å². The fourth-order valence-corrected chi connectivity index (χ4v) is 9.80. The number of nitriles is 4. The Hall–Kier alpha value is -4.96. The van der Waals surface area contributed by atoms with Gasteiger partial charge in [-0.2, -0.15) is 21.0 Å². The second-order valence-corrected chi connectivity index (χ2v) is 14.3. The van der Waals surface area contributed by atoms with E-state index in [1.807, 2.05) is 38.1 Å². The lowest BCUT2D eigenvalue weighted by Crippen LogP contribution is -1.94. The molecule has 6 heterocycles. The minimum absolute atomic E-state index is 0.194. The molecule has 0 aliphatic rings. The normalized spacial score (nSPS) is 10.9. The number of rotatable bonds is 10. The molecule has 0 atom stereocenters. The Bertz CT molecular complexity index is 2180. The molecule has 0 bridgehead atoms. The van der Waals surface area contributed by atoms with Crippen LogP contribution in [0.3, 0.4) is 0 Å². The maximum Gasteiger partial charge on any atom is 0.219 e. The molecule has 0 fully saturated rings. The number of fused-ring (bicyclic) bond motifs is 5. The number of hydrogen-bond donors (Lipinski definition) is 0. The van der Waals surface area contributed by atoms with E-state index in [-0.39, 0.29) is 11.4 Å². The summed E-state index contributed by atoms with van der Waals surface area (Å²) < 4.78 is 18.9. The molecule has 0 amide bonds. The number of thiophene rings is 4. The average molecular weight is 681 g/mol. The summed E-state index contributed by atoms with van der Waals surface area (Å²) in [7, 11) is 4.15. The van der Waals surface area contributed by atoms with Crippen molar-refractivity contribution in [3.63, 3.8) is 0 Å². The molecule has 0 radical (unpaired) electrons. The van der Waals surface area contributed by atoms with Crippen molar-refractivity contribution >= 4 is 98.2 Å². The van der Waals surface area contributed by atoms with Crippen LogP contribution in [-0.4, -0.2) is 33.8 Å². The maximum absolute atomic E-state index is 9.21. The smallest absolute Gasteiger partial charge is 0.219 e. The molecule has 6 aromatic heterocycles.